The fourth-order valence-electron chi connectivity index (χ4n) is 1.78. The molecule has 0 spiro atoms. The summed E-state index contributed by atoms with van der Waals surface area (Å²) in [6.45, 7) is 1.65. The van der Waals surface area contributed by atoms with Crippen molar-refractivity contribution in [3.63, 3.8) is 0 Å². The summed E-state index contributed by atoms with van der Waals surface area (Å²) in [7, 11) is -3.13. The first kappa shape index (κ1) is 12.6. The van der Waals surface area contributed by atoms with Crippen LogP contribution in [-0.2, 0) is 9.84 Å². The molecule has 0 saturated heterocycles. The summed E-state index contributed by atoms with van der Waals surface area (Å²) in [5, 5.41) is 14.9. The molecule has 0 aromatic heterocycles. The molecule has 1 aliphatic rings. The Morgan fingerprint density at radius 3 is 2.72 bits per heavy atom. The molecule has 1 aromatic rings. The second-order valence-corrected chi connectivity index (χ2v) is 6.10. The van der Waals surface area contributed by atoms with Crippen molar-refractivity contribution in [3.05, 3.63) is 45.4 Å². The third-order valence-electron chi connectivity index (χ3n) is 2.69. The van der Waals surface area contributed by atoms with Gasteiger partial charge in [0.25, 0.3) is 5.69 Å². The zero-order valence-corrected chi connectivity index (χ0v) is 10.5. The van der Waals surface area contributed by atoms with Crippen LogP contribution in [0.25, 0.3) is 0 Å². The number of sulfone groups is 1. The smallest absolute Gasteiger partial charge is 0.274 e. The summed E-state index contributed by atoms with van der Waals surface area (Å²) >= 11 is 0. The molecular weight excluding hydrogens is 256 g/mol. The monoisotopic (exact) mass is 268 g/mol. The van der Waals surface area contributed by atoms with Gasteiger partial charge in [-0.2, -0.15) is 0 Å². The van der Waals surface area contributed by atoms with Crippen molar-refractivity contribution in [3.8, 4) is 0 Å². The van der Waals surface area contributed by atoms with Crippen LogP contribution >= 0.6 is 0 Å². The molecular formula is C11H12N2O4S. The SMILES string of the molecule is Cc1ccc(NC2C=CS(=O)(=O)C2)cc1[N+](=O)[O-]. The van der Waals surface area contributed by atoms with E-state index in [1.165, 1.54) is 6.07 Å². The summed E-state index contributed by atoms with van der Waals surface area (Å²) in [6, 6.07) is 4.40. The van der Waals surface area contributed by atoms with Crippen LogP contribution in [0.5, 0.6) is 0 Å². The Hall–Kier alpha value is -1.89. The van der Waals surface area contributed by atoms with Crippen LogP contribution < -0.4 is 5.32 Å². The molecule has 18 heavy (non-hydrogen) atoms. The molecule has 0 amide bonds. The molecule has 0 saturated carbocycles. The van der Waals surface area contributed by atoms with E-state index in [0.717, 1.165) is 5.41 Å². The van der Waals surface area contributed by atoms with Crippen molar-refractivity contribution in [1.29, 1.82) is 0 Å². The third kappa shape index (κ3) is 2.67. The first-order valence-electron chi connectivity index (χ1n) is 5.30. The van der Waals surface area contributed by atoms with Crippen LogP contribution in [0.15, 0.2) is 29.7 Å². The Morgan fingerprint density at radius 2 is 2.17 bits per heavy atom. The zero-order chi connectivity index (χ0) is 13.3. The van der Waals surface area contributed by atoms with Crippen molar-refractivity contribution in [2.24, 2.45) is 0 Å². The largest absolute Gasteiger partial charge is 0.378 e. The van der Waals surface area contributed by atoms with E-state index in [-0.39, 0.29) is 17.5 Å². The van der Waals surface area contributed by atoms with Gasteiger partial charge in [0.05, 0.1) is 16.7 Å². The Kier molecular flexibility index (Phi) is 3.08. The molecule has 1 N–H and O–H groups in total. The summed E-state index contributed by atoms with van der Waals surface area (Å²) < 4.78 is 22.5. The van der Waals surface area contributed by atoms with Gasteiger partial charge < -0.3 is 5.32 Å². The number of aryl methyl sites for hydroxylation is 1. The Morgan fingerprint density at radius 1 is 1.44 bits per heavy atom. The Labute approximate surface area is 104 Å². The minimum atomic E-state index is -3.13. The predicted octanol–water partition coefficient (Wildman–Crippen LogP) is 1.63. The molecule has 0 radical (unpaired) electrons. The summed E-state index contributed by atoms with van der Waals surface area (Å²) in [5.74, 6) is -0.0192. The minimum Gasteiger partial charge on any atom is -0.378 e. The van der Waals surface area contributed by atoms with Crippen molar-refractivity contribution >= 4 is 21.2 Å². The van der Waals surface area contributed by atoms with Crippen molar-refractivity contribution in [1.82, 2.24) is 0 Å². The highest BCUT2D eigenvalue weighted by Crippen LogP contribution is 2.23. The lowest BCUT2D eigenvalue weighted by molar-refractivity contribution is -0.385. The number of rotatable bonds is 3. The summed E-state index contributed by atoms with van der Waals surface area (Å²) in [6.07, 6.45) is 1.54. The lowest BCUT2D eigenvalue weighted by atomic mass is 10.1. The first-order valence-corrected chi connectivity index (χ1v) is 7.01. The highest BCUT2D eigenvalue weighted by Gasteiger charge is 2.22. The number of anilines is 1. The van der Waals surface area contributed by atoms with E-state index in [9.17, 15) is 18.5 Å². The first-order chi connectivity index (χ1) is 8.37. The number of nitrogens with one attached hydrogen (secondary N) is 1. The second-order valence-electron chi connectivity index (χ2n) is 4.17. The number of hydrogen-bond donors (Lipinski definition) is 1. The summed E-state index contributed by atoms with van der Waals surface area (Å²) in [4.78, 5) is 10.3. The lowest BCUT2D eigenvalue weighted by Crippen LogP contribution is -2.20. The van der Waals surface area contributed by atoms with Crippen LogP contribution in [-0.4, -0.2) is 25.1 Å². The van der Waals surface area contributed by atoms with Crippen LogP contribution in [0.4, 0.5) is 11.4 Å². The van der Waals surface area contributed by atoms with E-state index >= 15 is 0 Å². The van der Waals surface area contributed by atoms with E-state index in [0.29, 0.717) is 11.3 Å². The van der Waals surface area contributed by atoms with Gasteiger partial charge in [0, 0.05) is 22.7 Å². The van der Waals surface area contributed by atoms with E-state index in [1.54, 1.807) is 25.1 Å². The summed E-state index contributed by atoms with van der Waals surface area (Å²) in [5.41, 5.74) is 1.13. The average molecular weight is 268 g/mol. The Bertz CT molecular complexity index is 622. The van der Waals surface area contributed by atoms with Gasteiger partial charge in [-0.3, -0.25) is 10.1 Å². The van der Waals surface area contributed by atoms with Gasteiger partial charge in [-0.1, -0.05) is 12.1 Å². The number of hydrogen-bond acceptors (Lipinski definition) is 5. The topological polar surface area (TPSA) is 89.3 Å². The van der Waals surface area contributed by atoms with Gasteiger partial charge in [-0.15, -0.1) is 0 Å². The van der Waals surface area contributed by atoms with Crippen molar-refractivity contribution < 1.29 is 13.3 Å². The molecule has 0 bridgehead atoms. The number of benzene rings is 1. The molecule has 0 aliphatic carbocycles. The van der Waals surface area contributed by atoms with Crippen LogP contribution in [0, 0.1) is 17.0 Å². The maximum atomic E-state index is 11.2. The van der Waals surface area contributed by atoms with Gasteiger partial charge in [0.15, 0.2) is 9.84 Å². The van der Waals surface area contributed by atoms with Gasteiger partial charge in [-0.25, -0.2) is 8.42 Å². The van der Waals surface area contributed by atoms with Gasteiger partial charge in [0.1, 0.15) is 0 Å². The molecule has 1 aliphatic heterocycles. The van der Waals surface area contributed by atoms with Gasteiger partial charge >= 0.3 is 0 Å². The molecule has 1 atom stereocenters. The quantitative estimate of drug-likeness (QED) is 0.664. The molecule has 0 fully saturated rings. The maximum absolute atomic E-state index is 11.2. The van der Waals surface area contributed by atoms with Crippen LogP contribution in [0.2, 0.25) is 0 Å². The molecule has 2 rings (SSSR count). The molecule has 6 nitrogen and oxygen atoms in total. The number of nitro groups is 1. The highest BCUT2D eigenvalue weighted by atomic mass is 32.2. The molecule has 96 valence electrons. The normalized spacial score (nSPS) is 20.8. The molecule has 1 aromatic carbocycles. The predicted molar refractivity (Wildman–Crippen MR) is 68.2 cm³/mol. The zero-order valence-electron chi connectivity index (χ0n) is 9.66. The van der Waals surface area contributed by atoms with Crippen LogP contribution in [0.1, 0.15) is 5.56 Å². The van der Waals surface area contributed by atoms with E-state index < -0.39 is 14.8 Å². The Balaban J connectivity index is 2.19. The van der Waals surface area contributed by atoms with E-state index in [4.69, 9.17) is 0 Å². The van der Waals surface area contributed by atoms with E-state index in [2.05, 4.69) is 5.32 Å². The highest BCUT2D eigenvalue weighted by molar-refractivity contribution is 7.94. The third-order valence-corrected chi connectivity index (χ3v) is 4.08. The second kappa shape index (κ2) is 4.41. The maximum Gasteiger partial charge on any atom is 0.274 e. The number of nitro benzene ring substituents is 1. The van der Waals surface area contributed by atoms with Crippen molar-refractivity contribution in [2.45, 2.75) is 13.0 Å². The standard InChI is InChI=1S/C11H12N2O4S/c1-8-2-3-9(6-11(8)13(14)15)12-10-4-5-18(16,17)7-10/h2-6,10,12H,7H2,1H3. The van der Waals surface area contributed by atoms with Crippen LogP contribution in [0.3, 0.4) is 0 Å². The minimum absolute atomic E-state index is 0.0184. The van der Waals surface area contributed by atoms with Gasteiger partial charge in [-0.05, 0) is 13.0 Å². The number of nitrogens with zero attached hydrogens (tertiary/aromatic N) is 1. The fraction of sp³-hybridized carbons (Fsp3) is 0.273. The average Bonchev–Trinajstić information content (AvgIpc) is 2.60. The fourth-order valence-corrected chi connectivity index (χ4v) is 3.01. The lowest BCUT2D eigenvalue weighted by Gasteiger charge is -2.11. The molecule has 1 unspecified atom stereocenters. The van der Waals surface area contributed by atoms with Crippen molar-refractivity contribution in [2.75, 3.05) is 11.1 Å². The molecule has 1 heterocycles. The van der Waals surface area contributed by atoms with Gasteiger partial charge in [0.2, 0.25) is 0 Å². The van der Waals surface area contributed by atoms with E-state index in [1.807, 2.05) is 0 Å². The molecule has 7 heteroatoms.